The molecule has 11 heteroatoms. The fourth-order valence-electron chi connectivity index (χ4n) is 3.61. The van der Waals surface area contributed by atoms with Crippen LogP contribution >= 0.6 is 0 Å². The van der Waals surface area contributed by atoms with Crippen molar-refractivity contribution >= 4 is 21.8 Å². The minimum atomic E-state index is -3.75. The van der Waals surface area contributed by atoms with Gasteiger partial charge in [0.25, 0.3) is 5.91 Å². The average Bonchev–Trinajstić information content (AvgIpc) is 3.24. The molecule has 172 valence electrons. The fourth-order valence-corrected chi connectivity index (χ4v) is 5.05. The molecule has 0 radical (unpaired) electrons. The topological polar surface area (TPSA) is 118 Å². The number of ether oxygens (including phenoxy) is 2. The summed E-state index contributed by atoms with van der Waals surface area (Å²) in [6.07, 6.45) is 2.11. The van der Waals surface area contributed by atoms with Gasteiger partial charge in [-0.25, -0.2) is 8.42 Å². The Labute approximate surface area is 186 Å². The van der Waals surface area contributed by atoms with Gasteiger partial charge < -0.3 is 24.1 Å². The Kier molecular flexibility index (Phi) is 6.38. The van der Waals surface area contributed by atoms with Crippen molar-refractivity contribution in [1.82, 2.24) is 14.5 Å². The zero-order valence-electron chi connectivity index (χ0n) is 17.7. The lowest BCUT2D eigenvalue weighted by Crippen LogP contribution is -2.55. The van der Waals surface area contributed by atoms with E-state index in [2.05, 4.69) is 5.32 Å². The van der Waals surface area contributed by atoms with Gasteiger partial charge in [0, 0.05) is 38.7 Å². The molecule has 2 amide bonds. The SMILES string of the molecule is CC(NC(=O)c1ccco1)C(=O)N1CCN(S(=O)(=O)c2ccc3c(c2)OCCCO3)CC1. The van der Waals surface area contributed by atoms with Gasteiger partial charge in [-0.3, -0.25) is 9.59 Å². The van der Waals surface area contributed by atoms with Crippen LogP contribution in [0.3, 0.4) is 0 Å². The van der Waals surface area contributed by atoms with Crippen LogP contribution in [0.25, 0.3) is 0 Å². The van der Waals surface area contributed by atoms with Gasteiger partial charge in [0.05, 0.1) is 24.4 Å². The Hall–Kier alpha value is -3.05. The van der Waals surface area contributed by atoms with Crippen LogP contribution in [-0.4, -0.2) is 74.9 Å². The van der Waals surface area contributed by atoms with E-state index in [-0.39, 0.29) is 42.7 Å². The Bertz CT molecular complexity index is 1080. The molecule has 2 aliphatic rings. The lowest BCUT2D eigenvalue weighted by Gasteiger charge is -2.35. The van der Waals surface area contributed by atoms with Crippen LogP contribution in [-0.2, 0) is 14.8 Å². The molecular formula is C21H25N3O7S. The molecule has 10 nitrogen and oxygen atoms in total. The second-order valence-corrected chi connectivity index (χ2v) is 9.50. The predicted octanol–water partition coefficient (Wildman–Crippen LogP) is 1.09. The summed E-state index contributed by atoms with van der Waals surface area (Å²) in [6.45, 7) is 3.33. The van der Waals surface area contributed by atoms with E-state index in [0.29, 0.717) is 24.7 Å². The first-order valence-electron chi connectivity index (χ1n) is 10.4. The highest BCUT2D eigenvalue weighted by Gasteiger charge is 2.32. The van der Waals surface area contributed by atoms with E-state index in [0.717, 1.165) is 6.42 Å². The maximum Gasteiger partial charge on any atom is 0.287 e. The third-order valence-corrected chi connectivity index (χ3v) is 7.26. The van der Waals surface area contributed by atoms with Gasteiger partial charge in [-0.05, 0) is 31.2 Å². The third kappa shape index (κ3) is 4.58. The van der Waals surface area contributed by atoms with Gasteiger partial charge in [0.1, 0.15) is 6.04 Å². The largest absolute Gasteiger partial charge is 0.490 e. The highest BCUT2D eigenvalue weighted by molar-refractivity contribution is 7.89. The van der Waals surface area contributed by atoms with Gasteiger partial charge in [-0.1, -0.05) is 0 Å². The molecule has 0 aliphatic carbocycles. The van der Waals surface area contributed by atoms with Crippen LogP contribution in [0, 0.1) is 0 Å². The molecular weight excluding hydrogens is 438 g/mol. The maximum atomic E-state index is 13.1. The van der Waals surface area contributed by atoms with Gasteiger partial charge >= 0.3 is 0 Å². The number of amides is 2. The van der Waals surface area contributed by atoms with Crippen molar-refractivity contribution in [3.8, 4) is 11.5 Å². The number of benzene rings is 1. The lowest BCUT2D eigenvalue weighted by molar-refractivity contribution is -0.134. The van der Waals surface area contributed by atoms with E-state index in [1.54, 1.807) is 24.0 Å². The quantitative estimate of drug-likeness (QED) is 0.705. The summed E-state index contributed by atoms with van der Waals surface area (Å²) in [7, 11) is -3.75. The van der Waals surface area contributed by atoms with Crippen molar-refractivity contribution in [3.05, 3.63) is 42.4 Å². The molecule has 1 saturated heterocycles. The van der Waals surface area contributed by atoms with Crippen LogP contribution < -0.4 is 14.8 Å². The van der Waals surface area contributed by atoms with Gasteiger partial charge in [-0.15, -0.1) is 0 Å². The number of carbonyl (C=O) groups excluding carboxylic acids is 2. The second-order valence-electron chi connectivity index (χ2n) is 7.56. The van der Waals surface area contributed by atoms with Crippen LogP contribution in [0.4, 0.5) is 0 Å². The van der Waals surface area contributed by atoms with Crippen LogP contribution in [0.15, 0.2) is 45.9 Å². The van der Waals surface area contributed by atoms with Crippen LogP contribution in [0.2, 0.25) is 0 Å². The summed E-state index contributed by atoms with van der Waals surface area (Å²) in [6, 6.07) is 6.93. The van der Waals surface area contributed by atoms with Crippen molar-refractivity contribution in [1.29, 1.82) is 0 Å². The molecule has 32 heavy (non-hydrogen) atoms. The summed E-state index contributed by atoms with van der Waals surface area (Å²) >= 11 is 0. The number of sulfonamides is 1. The van der Waals surface area contributed by atoms with E-state index in [1.807, 2.05) is 0 Å². The van der Waals surface area contributed by atoms with Gasteiger partial charge in [-0.2, -0.15) is 4.31 Å². The Balaban J connectivity index is 1.37. The summed E-state index contributed by atoms with van der Waals surface area (Å²) in [5.41, 5.74) is 0. The summed E-state index contributed by atoms with van der Waals surface area (Å²) in [4.78, 5) is 26.5. The molecule has 1 aromatic carbocycles. The van der Waals surface area contributed by atoms with E-state index >= 15 is 0 Å². The zero-order valence-corrected chi connectivity index (χ0v) is 18.5. The molecule has 3 heterocycles. The normalized spacial score (nSPS) is 18.0. The number of carbonyl (C=O) groups is 2. The number of hydrogen-bond acceptors (Lipinski definition) is 7. The molecule has 1 unspecified atom stereocenters. The number of hydrogen-bond donors (Lipinski definition) is 1. The van der Waals surface area contributed by atoms with E-state index in [4.69, 9.17) is 13.9 Å². The summed E-state index contributed by atoms with van der Waals surface area (Å²) < 4.78 is 43.8. The molecule has 1 N–H and O–H groups in total. The Morgan fingerprint density at radius 2 is 1.75 bits per heavy atom. The monoisotopic (exact) mass is 463 g/mol. The molecule has 4 rings (SSSR count). The Morgan fingerprint density at radius 3 is 2.44 bits per heavy atom. The number of rotatable bonds is 5. The van der Waals surface area contributed by atoms with Crippen molar-refractivity contribution < 1.29 is 31.9 Å². The first-order valence-corrected chi connectivity index (χ1v) is 11.8. The number of piperazine rings is 1. The highest BCUT2D eigenvalue weighted by atomic mass is 32.2. The van der Waals surface area contributed by atoms with E-state index in [9.17, 15) is 18.0 Å². The van der Waals surface area contributed by atoms with E-state index in [1.165, 1.54) is 28.8 Å². The first kappa shape index (κ1) is 22.2. The molecule has 0 spiro atoms. The maximum absolute atomic E-state index is 13.1. The van der Waals surface area contributed by atoms with Crippen LogP contribution in [0.1, 0.15) is 23.9 Å². The highest BCUT2D eigenvalue weighted by Crippen LogP contribution is 2.33. The Morgan fingerprint density at radius 1 is 1.03 bits per heavy atom. The molecule has 1 atom stereocenters. The van der Waals surface area contributed by atoms with Crippen molar-refractivity contribution in [2.45, 2.75) is 24.3 Å². The number of furan rings is 1. The molecule has 1 aromatic heterocycles. The first-order chi connectivity index (χ1) is 15.4. The summed E-state index contributed by atoms with van der Waals surface area (Å²) in [5, 5.41) is 2.60. The van der Waals surface area contributed by atoms with Gasteiger partial charge in [0.15, 0.2) is 17.3 Å². The molecule has 0 bridgehead atoms. The predicted molar refractivity (Wildman–Crippen MR) is 113 cm³/mol. The molecule has 2 aromatic rings. The average molecular weight is 464 g/mol. The number of nitrogens with zero attached hydrogens (tertiary/aromatic N) is 2. The minimum absolute atomic E-state index is 0.121. The van der Waals surface area contributed by atoms with E-state index < -0.39 is 22.0 Å². The second kappa shape index (κ2) is 9.21. The van der Waals surface area contributed by atoms with Crippen molar-refractivity contribution in [2.24, 2.45) is 0 Å². The molecule has 0 saturated carbocycles. The zero-order chi connectivity index (χ0) is 22.7. The molecule has 2 aliphatic heterocycles. The van der Waals surface area contributed by atoms with Gasteiger partial charge in [0.2, 0.25) is 15.9 Å². The standard InChI is InChI=1S/C21H25N3O7S/c1-15(22-20(25)18-4-2-11-30-18)21(26)23-7-9-24(10-8-23)32(27,28)16-5-6-17-19(14-16)31-13-3-12-29-17/h2,4-6,11,14-15H,3,7-10,12-13H2,1H3,(H,22,25). The fraction of sp³-hybridized carbons (Fsp3) is 0.429. The van der Waals surface area contributed by atoms with Crippen molar-refractivity contribution in [2.75, 3.05) is 39.4 Å². The number of fused-ring (bicyclic) bond motifs is 1. The lowest BCUT2D eigenvalue weighted by atomic mass is 10.2. The minimum Gasteiger partial charge on any atom is -0.490 e. The molecule has 1 fully saturated rings. The number of nitrogens with one attached hydrogen (secondary N) is 1. The van der Waals surface area contributed by atoms with Crippen LogP contribution in [0.5, 0.6) is 11.5 Å². The van der Waals surface area contributed by atoms with Crippen molar-refractivity contribution in [3.63, 3.8) is 0 Å². The smallest absolute Gasteiger partial charge is 0.287 e. The third-order valence-electron chi connectivity index (χ3n) is 5.37. The summed E-state index contributed by atoms with van der Waals surface area (Å²) in [5.74, 6) is 0.306.